The molecule has 0 radical (unpaired) electrons. The standard InChI is InChI=1S/C14H13FN2O3S2/c1-7(2)13-16-12(6-21-13)22-17-10-5-9(15)8(14(18)19)4-11(10)20-3/h4-6,17H,1H2,2-3H3,(H,18,19). The molecule has 0 saturated carbocycles. The highest BCUT2D eigenvalue weighted by atomic mass is 32.2. The van der Waals surface area contributed by atoms with Crippen LogP contribution < -0.4 is 9.46 Å². The Morgan fingerprint density at radius 2 is 2.27 bits per heavy atom. The highest BCUT2D eigenvalue weighted by Gasteiger charge is 2.16. The lowest BCUT2D eigenvalue weighted by Gasteiger charge is -2.11. The molecule has 0 unspecified atom stereocenters. The average molecular weight is 340 g/mol. The van der Waals surface area contributed by atoms with Gasteiger partial charge in [0.15, 0.2) is 0 Å². The molecule has 0 aliphatic heterocycles. The van der Waals surface area contributed by atoms with Crippen molar-refractivity contribution in [1.29, 1.82) is 0 Å². The van der Waals surface area contributed by atoms with Crippen LogP contribution in [0.15, 0.2) is 29.1 Å². The van der Waals surface area contributed by atoms with Gasteiger partial charge in [-0.3, -0.25) is 0 Å². The van der Waals surface area contributed by atoms with E-state index in [1.165, 1.54) is 30.4 Å². The number of benzene rings is 1. The van der Waals surface area contributed by atoms with Crippen molar-refractivity contribution in [2.24, 2.45) is 0 Å². The molecule has 8 heteroatoms. The van der Waals surface area contributed by atoms with Gasteiger partial charge in [-0.1, -0.05) is 6.58 Å². The summed E-state index contributed by atoms with van der Waals surface area (Å²) in [6.45, 7) is 5.68. The van der Waals surface area contributed by atoms with E-state index in [9.17, 15) is 9.18 Å². The zero-order chi connectivity index (χ0) is 16.3. The quantitative estimate of drug-likeness (QED) is 0.770. The number of anilines is 1. The third-order valence-corrected chi connectivity index (χ3v) is 4.53. The van der Waals surface area contributed by atoms with E-state index in [0.717, 1.165) is 22.7 Å². The Bertz CT molecular complexity index is 731. The van der Waals surface area contributed by atoms with Crippen molar-refractivity contribution in [2.75, 3.05) is 11.8 Å². The number of rotatable bonds is 6. The Balaban J connectivity index is 2.19. The van der Waals surface area contributed by atoms with E-state index in [0.29, 0.717) is 10.7 Å². The molecule has 1 heterocycles. The number of aromatic carboxylic acids is 1. The summed E-state index contributed by atoms with van der Waals surface area (Å²) in [5.74, 6) is -1.94. The first kappa shape index (κ1) is 16.3. The average Bonchev–Trinajstić information content (AvgIpc) is 2.93. The molecular formula is C14H13FN2O3S2. The summed E-state index contributed by atoms with van der Waals surface area (Å²) in [5.41, 5.74) is 0.761. The number of carboxylic acids is 1. The van der Waals surface area contributed by atoms with Crippen LogP contribution in [0.1, 0.15) is 22.3 Å². The fourth-order valence-electron chi connectivity index (χ4n) is 1.58. The molecule has 0 aliphatic carbocycles. The zero-order valence-electron chi connectivity index (χ0n) is 11.8. The molecule has 22 heavy (non-hydrogen) atoms. The van der Waals surface area contributed by atoms with E-state index in [4.69, 9.17) is 9.84 Å². The van der Waals surface area contributed by atoms with Crippen molar-refractivity contribution in [1.82, 2.24) is 4.98 Å². The van der Waals surface area contributed by atoms with Gasteiger partial charge in [-0.15, -0.1) is 11.3 Å². The summed E-state index contributed by atoms with van der Waals surface area (Å²) in [5, 5.41) is 12.3. The molecular weight excluding hydrogens is 327 g/mol. The number of nitrogens with zero attached hydrogens (tertiary/aromatic N) is 1. The third kappa shape index (κ3) is 3.58. The minimum Gasteiger partial charge on any atom is -0.495 e. The summed E-state index contributed by atoms with van der Waals surface area (Å²) in [6.07, 6.45) is 0. The molecule has 2 aromatic rings. The Morgan fingerprint density at radius 3 is 2.82 bits per heavy atom. The van der Waals surface area contributed by atoms with Crippen LogP contribution in [0.25, 0.3) is 5.57 Å². The van der Waals surface area contributed by atoms with Crippen LogP contribution >= 0.6 is 23.3 Å². The number of ether oxygens (including phenoxy) is 1. The number of carbonyl (C=O) groups is 1. The van der Waals surface area contributed by atoms with Gasteiger partial charge < -0.3 is 14.6 Å². The SMILES string of the molecule is C=C(C)c1nc(SNc2cc(F)c(C(=O)O)cc2OC)cs1. The molecule has 2 rings (SSSR count). The minimum atomic E-state index is -1.35. The highest BCUT2D eigenvalue weighted by Crippen LogP contribution is 2.32. The Hall–Kier alpha value is -2.06. The van der Waals surface area contributed by atoms with Gasteiger partial charge in [0, 0.05) is 23.4 Å². The summed E-state index contributed by atoms with van der Waals surface area (Å²) in [4.78, 5) is 15.2. The van der Waals surface area contributed by atoms with Gasteiger partial charge in [0.2, 0.25) is 0 Å². The lowest BCUT2D eigenvalue weighted by atomic mass is 10.2. The first-order valence-electron chi connectivity index (χ1n) is 6.07. The van der Waals surface area contributed by atoms with Crippen LogP contribution in [0.2, 0.25) is 0 Å². The number of thiazole rings is 1. The largest absolute Gasteiger partial charge is 0.495 e. The van der Waals surface area contributed by atoms with E-state index < -0.39 is 17.3 Å². The van der Waals surface area contributed by atoms with Crippen molar-refractivity contribution >= 4 is 40.5 Å². The topological polar surface area (TPSA) is 71.5 Å². The van der Waals surface area contributed by atoms with E-state index in [1.54, 1.807) is 0 Å². The molecule has 2 N–H and O–H groups in total. The number of nitrogens with one attached hydrogen (secondary N) is 1. The minimum absolute atomic E-state index is 0.238. The lowest BCUT2D eigenvalue weighted by molar-refractivity contribution is 0.0691. The Kier molecular flexibility index (Phi) is 5.04. The first-order valence-corrected chi connectivity index (χ1v) is 7.77. The molecule has 0 atom stereocenters. The van der Waals surface area contributed by atoms with E-state index >= 15 is 0 Å². The van der Waals surface area contributed by atoms with Crippen LogP contribution in [0.4, 0.5) is 10.1 Å². The monoisotopic (exact) mass is 340 g/mol. The second kappa shape index (κ2) is 6.80. The molecule has 116 valence electrons. The molecule has 0 saturated heterocycles. The maximum absolute atomic E-state index is 13.7. The molecule has 1 aromatic carbocycles. The van der Waals surface area contributed by atoms with Crippen molar-refractivity contribution in [2.45, 2.75) is 11.9 Å². The van der Waals surface area contributed by atoms with Crippen molar-refractivity contribution in [3.8, 4) is 5.75 Å². The second-order valence-electron chi connectivity index (χ2n) is 4.31. The predicted molar refractivity (Wildman–Crippen MR) is 86.2 cm³/mol. The van der Waals surface area contributed by atoms with Gasteiger partial charge in [0.05, 0.1) is 18.4 Å². The van der Waals surface area contributed by atoms with Crippen LogP contribution in [0.3, 0.4) is 0 Å². The molecule has 0 aliphatic rings. The van der Waals surface area contributed by atoms with E-state index in [-0.39, 0.29) is 5.75 Å². The molecule has 0 spiro atoms. The van der Waals surface area contributed by atoms with Gasteiger partial charge in [-0.05, 0) is 18.6 Å². The lowest BCUT2D eigenvalue weighted by Crippen LogP contribution is -2.03. The smallest absolute Gasteiger partial charge is 0.338 e. The number of halogens is 1. The van der Waals surface area contributed by atoms with Crippen LogP contribution in [0.5, 0.6) is 5.75 Å². The predicted octanol–water partition coefficient (Wildman–Crippen LogP) is 4.14. The van der Waals surface area contributed by atoms with Crippen molar-refractivity contribution in [3.05, 3.63) is 40.5 Å². The fraction of sp³-hybridized carbons (Fsp3) is 0.143. The third-order valence-electron chi connectivity index (χ3n) is 2.63. The van der Waals surface area contributed by atoms with Gasteiger partial charge in [-0.2, -0.15) is 0 Å². The number of aromatic nitrogens is 1. The summed E-state index contributed by atoms with van der Waals surface area (Å²) >= 11 is 2.64. The normalized spacial score (nSPS) is 10.3. The molecule has 0 fully saturated rings. The molecule has 5 nitrogen and oxygen atoms in total. The first-order chi connectivity index (χ1) is 10.4. The number of methoxy groups -OCH3 is 1. The van der Waals surface area contributed by atoms with Gasteiger partial charge in [0.1, 0.15) is 21.6 Å². The van der Waals surface area contributed by atoms with Gasteiger partial charge in [-0.25, -0.2) is 14.2 Å². The van der Waals surface area contributed by atoms with E-state index in [2.05, 4.69) is 16.3 Å². The Labute approximate surface area is 135 Å². The number of hydrogen-bond donors (Lipinski definition) is 2. The van der Waals surface area contributed by atoms with Crippen LogP contribution in [-0.2, 0) is 0 Å². The van der Waals surface area contributed by atoms with Crippen molar-refractivity contribution < 1.29 is 19.0 Å². The maximum atomic E-state index is 13.7. The maximum Gasteiger partial charge on any atom is 0.338 e. The summed E-state index contributed by atoms with van der Waals surface area (Å²) in [6, 6.07) is 2.22. The van der Waals surface area contributed by atoms with Crippen molar-refractivity contribution in [3.63, 3.8) is 0 Å². The highest BCUT2D eigenvalue weighted by molar-refractivity contribution is 8.00. The van der Waals surface area contributed by atoms with Gasteiger partial charge >= 0.3 is 5.97 Å². The number of hydrogen-bond acceptors (Lipinski definition) is 6. The Morgan fingerprint density at radius 1 is 1.55 bits per heavy atom. The zero-order valence-corrected chi connectivity index (χ0v) is 13.5. The summed E-state index contributed by atoms with van der Waals surface area (Å²) < 4.78 is 21.7. The molecule has 0 bridgehead atoms. The van der Waals surface area contributed by atoms with Crippen LogP contribution in [-0.4, -0.2) is 23.2 Å². The molecule has 1 aromatic heterocycles. The van der Waals surface area contributed by atoms with Crippen LogP contribution in [0, 0.1) is 5.82 Å². The number of allylic oxidation sites excluding steroid dienone is 1. The van der Waals surface area contributed by atoms with E-state index in [1.807, 2.05) is 12.3 Å². The summed E-state index contributed by atoms with van der Waals surface area (Å²) in [7, 11) is 1.39. The van der Waals surface area contributed by atoms with Gasteiger partial charge in [0.25, 0.3) is 0 Å². The number of carboxylic acid groups (broad SMARTS) is 1. The molecule has 0 amide bonds. The second-order valence-corrected chi connectivity index (χ2v) is 6.00. The fourth-order valence-corrected chi connectivity index (χ4v) is 3.10.